The minimum atomic E-state index is -0.837. The molecule has 1 saturated heterocycles. The number of methoxy groups -OCH3 is 1. The van der Waals surface area contributed by atoms with Crippen LogP contribution in [-0.4, -0.2) is 69.7 Å². The highest BCUT2D eigenvalue weighted by Crippen LogP contribution is 2.50. The fourth-order valence-electron chi connectivity index (χ4n) is 7.98. The number of halogens is 1. The Hall–Kier alpha value is -3.36. The van der Waals surface area contributed by atoms with Gasteiger partial charge in [-0.05, 0) is 68.6 Å². The summed E-state index contributed by atoms with van der Waals surface area (Å²) in [4.78, 5) is 52.9. The summed E-state index contributed by atoms with van der Waals surface area (Å²) in [7, 11) is 1.69. The van der Waals surface area contributed by atoms with Crippen molar-refractivity contribution in [1.82, 2.24) is 30.3 Å². The first-order chi connectivity index (χ1) is 24.9. The van der Waals surface area contributed by atoms with E-state index in [4.69, 9.17) is 31.0 Å². The molecule has 276 valence electrons. The zero-order valence-electron chi connectivity index (χ0n) is 30.3. The van der Waals surface area contributed by atoms with Gasteiger partial charge in [0.05, 0.1) is 44.7 Å². The fraction of sp³-hybridized carbons (Fsp3) is 0.553. The lowest BCUT2D eigenvalue weighted by Crippen LogP contribution is -2.61. The van der Waals surface area contributed by atoms with Gasteiger partial charge in [0.25, 0.3) is 5.91 Å². The molecule has 7 atom stereocenters. The molecule has 2 aliphatic carbocycles. The number of hydrogen-bond acceptors (Lipinski definition) is 10. The third-order valence-electron chi connectivity index (χ3n) is 11.2. The summed E-state index contributed by atoms with van der Waals surface area (Å²) in [5.74, 6) is -0.249. The Kier molecular flexibility index (Phi) is 9.25. The predicted octanol–water partition coefficient (Wildman–Crippen LogP) is 6.43. The van der Waals surface area contributed by atoms with Crippen molar-refractivity contribution in [3.63, 3.8) is 0 Å². The van der Waals surface area contributed by atoms with E-state index >= 15 is 0 Å². The van der Waals surface area contributed by atoms with E-state index in [2.05, 4.69) is 42.1 Å². The third-order valence-corrected chi connectivity index (χ3v) is 13.8. The van der Waals surface area contributed by atoms with Gasteiger partial charge in [0.15, 0.2) is 0 Å². The Balaban J connectivity index is 1.26. The predicted molar refractivity (Wildman–Crippen MR) is 202 cm³/mol. The first-order valence-corrected chi connectivity index (χ1v) is 20.3. The van der Waals surface area contributed by atoms with Crippen molar-refractivity contribution in [1.29, 1.82) is 0 Å². The van der Waals surface area contributed by atoms with Crippen LogP contribution in [0.3, 0.4) is 0 Å². The molecule has 11 nitrogen and oxygen atoms in total. The summed E-state index contributed by atoms with van der Waals surface area (Å²) in [6.45, 7) is 11.7. The average molecular weight is 765 g/mol. The van der Waals surface area contributed by atoms with Crippen LogP contribution in [0.1, 0.15) is 69.8 Å². The zero-order chi connectivity index (χ0) is 36.6. The molecule has 0 radical (unpaired) electrons. The molecule has 4 aromatic heterocycles. The van der Waals surface area contributed by atoms with Gasteiger partial charge in [-0.1, -0.05) is 32.4 Å². The second-order valence-electron chi connectivity index (χ2n) is 15.7. The minimum absolute atomic E-state index is 0.0951. The van der Waals surface area contributed by atoms with E-state index in [1.54, 1.807) is 24.6 Å². The van der Waals surface area contributed by atoms with E-state index < -0.39 is 17.5 Å². The molecule has 2 aliphatic heterocycles. The lowest BCUT2D eigenvalue weighted by Gasteiger charge is -2.35. The van der Waals surface area contributed by atoms with Crippen molar-refractivity contribution in [3.05, 3.63) is 45.0 Å². The lowest BCUT2D eigenvalue weighted by molar-refractivity contribution is -0.156. The van der Waals surface area contributed by atoms with Crippen LogP contribution in [0.4, 0.5) is 0 Å². The number of nitrogens with one attached hydrogen (secondary N) is 2. The number of hydrazine groups is 1. The molecular formula is C38H45ClN6O5S2. The Morgan fingerprint density at radius 2 is 2.08 bits per heavy atom. The summed E-state index contributed by atoms with van der Waals surface area (Å²) in [6, 6.07) is 2.56. The maximum absolute atomic E-state index is 14.2. The maximum atomic E-state index is 14.2. The quantitative estimate of drug-likeness (QED) is 0.215. The van der Waals surface area contributed by atoms with Gasteiger partial charge >= 0.3 is 5.97 Å². The number of thiophene rings is 1. The number of amides is 2. The SMILES string of the molecule is CCn1c(-c2cccnc2[C@H](C)OC)c2c3c(Cl)c(sc31)-c1csc(n1)CC(NC(=O)[C@H]1C[C@@H]1C)C(=O)N1CC3CC3[C@H](N1)C(=O)OCC(C)(C)C2. The minimum Gasteiger partial charge on any atom is -0.464 e. The smallest absolute Gasteiger partial charge is 0.325 e. The first kappa shape index (κ1) is 35.7. The summed E-state index contributed by atoms with van der Waals surface area (Å²) in [5, 5.41) is 8.87. The number of ether oxygens (including phenoxy) is 2. The van der Waals surface area contributed by atoms with Crippen LogP contribution in [0.25, 0.3) is 32.0 Å². The van der Waals surface area contributed by atoms with Gasteiger partial charge in [0.2, 0.25) is 5.91 Å². The number of esters is 1. The number of cyclic esters (lactones) is 1. The molecule has 2 N–H and O–H groups in total. The van der Waals surface area contributed by atoms with Gasteiger partial charge in [0.1, 0.15) is 16.9 Å². The molecule has 6 heterocycles. The van der Waals surface area contributed by atoms with E-state index in [-0.39, 0.29) is 54.7 Å². The standard InChI is InChI=1S/C38H45ClN6O5S2/c1-7-44-32(21-9-8-10-40-30(21)19(3)49-6)24-14-38(4,5)17-50-37(48)31-23-12-20(23)15-45(43-31)35(47)25(42-34(46)22-11-18(22)2)13-27-41-26(16-51-27)33-29(39)28(24)36(44)52-33/h8-10,16,18-20,22-23,25,31,43H,7,11-15,17H2,1-6H3,(H,42,46)/t18-,19-,20?,22-,23?,25?,31-/m0/s1. The number of aromatic nitrogens is 3. The van der Waals surface area contributed by atoms with Crippen molar-refractivity contribution < 1.29 is 23.9 Å². The highest BCUT2D eigenvalue weighted by molar-refractivity contribution is 7.23. The number of carbonyl (C=O) groups excluding carboxylic acids is 3. The number of fused-ring (bicyclic) bond motifs is 8. The van der Waals surface area contributed by atoms with Crippen LogP contribution in [0.15, 0.2) is 23.7 Å². The maximum Gasteiger partial charge on any atom is 0.325 e. The Morgan fingerprint density at radius 3 is 2.81 bits per heavy atom. The molecule has 4 aromatic rings. The van der Waals surface area contributed by atoms with Gasteiger partial charge in [0, 0.05) is 60.5 Å². The Morgan fingerprint density at radius 1 is 1.29 bits per heavy atom. The van der Waals surface area contributed by atoms with Crippen molar-refractivity contribution >= 4 is 62.3 Å². The molecule has 0 aromatic carbocycles. The highest BCUT2D eigenvalue weighted by Gasteiger charge is 2.53. The van der Waals surface area contributed by atoms with Crippen LogP contribution in [0, 0.1) is 29.1 Å². The first-order valence-electron chi connectivity index (χ1n) is 18.2. The van der Waals surface area contributed by atoms with Crippen LogP contribution in [0.2, 0.25) is 5.02 Å². The van der Waals surface area contributed by atoms with Gasteiger partial charge in [-0.25, -0.2) is 10.4 Å². The monoisotopic (exact) mass is 764 g/mol. The molecule has 2 saturated carbocycles. The number of thiazole rings is 1. The summed E-state index contributed by atoms with van der Waals surface area (Å²) in [6.07, 6.45) is 4.00. The van der Waals surface area contributed by atoms with Crippen LogP contribution < -0.4 is 10.7 Å². The number of nitrogens with zero attached hydrogens (tertiary/aromatic N) is 4. The highest BCUT2D eigenvalue weighted by atomic mass is 35.5. The van der Waals surface area contributed by atoms with Crippen molar-refractivity contribution in [2.75, 3.05) is 20.3 Å². The number of aryl methyl sites for hydroxylation is 1. The van der Waals surface area contributed by atoms with Crippen molar-refractivity contribution in [2.45, 2.75) is 85.0 Å². The normalized spacial score (nSPS) is 27.5. The molecule has 52 heavy (non-hydrogen) atoms. The van der Waals surface area contributed by atoms with Crippen LogP contribution >= 0.6 is 34.3 Å². The number of rotatable bonds is 6. The second-order valence-corrected chi connectivity index (χ2v) is 18.0. The van der Waals surface area contributed by atoms with Crippen molar-refractivity contribution in [2.24, 2.45) is 29.1 Å². The van der Waals surface area contributed by atoms with E-state index in [0.717, 1.165) is 61.2 Å². The van der Waals surface area contributed by atoms with E-state index in [1.807, 2.05) is 25.3 Å². The summed E-state index contributed by atoms with van der Waals surface area (Å²) < 4.78 is 14.2. The molecule has 3 fully saturated rings. The van der Waals surface area contributed by atoms with Gasteiger partial charge in [-0.3, -0.25) is 24.4 Å². The number of hydrogen-bond donors (Lipinski definition) is 2. The van der Waals surface area contributed by atoms with Gasteiger partial charge < -0.3 is 19.4 Å². The largest absolute Gasteiger partial charge is 0.464 e. The molecular weight excluding hydrogens is 720 g/mol. The molecule has 6 bridgehead atoms. The number of pyridine rings is 1. The second kappa shape index (κ2) is 13.5. The molecule has 3 unspecified atom stereocenters. The third kappa shape index (κ3) is 6.36. The molecule has 4 aliphatic rings. The summed E-state index contributed by atoms with van der Waals surface area (Å²) >= 11 is 10.5. The van der Waals surface area contributed by atoms with Crippen molar-refractivity contribution in [3.8, 4) is 21.8 Å². The van der Waals surface area contributed by atoms with Crippen LogP contribution in [0.5, 0.6) is 0 Å². The molecule has 14 heteroatoms. The average Bonchev–Trinajstić information content (AvgIpc) is 3.95. The summed E-state index contributed by atoms with van der Waals surface area (Å²) in [5.41, 5.74) is 7.39. The van der Waals surface area contributed by atoms with Crippen LogP contribution in [-0.2, 0) is 43.2 Å². The lowest BCUT2D eigenvalue weighted by atomic mass is 9.84. The Labute approximate surface area is 316 Å². The van der Waals surface area contributed by atoms with Gasteiger partial charge in [-0.15, -0.1) is 22.7 Å². The molecule has 0 spiro atoms. The fourth-order valence-corrected chi connectivity index (χ4v) is 10.6. The van der Waals surface area contributed by atoms with Gasteiger partial charge in [-0.2, -0.15) is 0 Å². The van der Waals surface area contributed by atoms with E-state index in [1.165, 1.54) is 16.3 Å². The zero-order valence-corrected chi connectivity index (χ0v) is 32.7. The van der Waals surface area contributed by atoms with E-state index in [9.17, 15) is 14.4 Å². The topological polar surface area (TPSA) is 128 Å². The molecule has 8 rings (SSSR count). The Bertz CT molecular complexity index is 2070. The number of carbonyl (C=O) groups is 3. The molecule has 2 amide bonds. The van der Waals surface area contributed by atoms with E-state index in [0.29, 0.717) is 30.5 Å².